The molecular weight excluding hydrogens is 380 g/mol. The lowest BCUT2D eigenvalue weighted by Gasteiger charge is -2.17. The summed E-state index contributed by atoms with van der Waals surface area (Å²) in [6, 6.07) is 7.85. The van der Waals surface area contributed by atoms with Gasteiger partial charge in [-0.3, -0.25) is 14.8 Å². The van der Waals surface area contributed by atoms with Crippen molar-refractivity contribution in [1.82, 2.24) is 35.6 Å². The molecule has 1 atom stereocenters. The number of H-pyrrole nitrogens is 1. The van der Waals surface area contributed by atoms with Crippen LogP contribution in [-0.4, -0.2) is 51.1 Å². The Balaban J connectivity index is 1.55. The van der Waals surface area contributed by atoms with Gasteiger partial charge in [-0.05, 0) is 57.0 Å². The van der Waals surface area contributed by atoms with E-state index in [-0.39, 0.29) is 6.04 Å². The molecule has 0 spiro atoms. The molecule has 9 heteroatoms. The molecule has 0 fully saturated rings. The first-order chi connectivity index (χ1) is 14.4. The van der Waals surface area contributed by atoms with E-state index < -0.39 is 0 Å². The molecule has 160 valence electrons. The summed E-state index contributed by atoms with van der Waals surface area (Å²) in [5.74, 6) is 2.89. The van der Waals surface area contributed by atoms with Gasteiger partial charge in [0.15, 0.2) is 11.8 Å². The van der Waals surface area contributed by atoms with Gasteiger partial charge in [0.25, 0.3) is 0 Å². The van der Waals surface area contributed by atoms with Crippen LogP contribution in [0.5, 0.6) is 5.75 Å². The van der Waals surface area contributed by atoms with Crippen molar-refractivity contribution in [2.24, 2.45) is 12.0 Å². The number of ether oxygens (including phenoxy) is 1. The Kier molecular flexibility index (Phi) is 6.71. The number of benzene rings is 1. The number of methoxy groups -OCH3 is 1. The first-order valence-corrected chi connectivity index (χ1v) is 9.93. The number of rotatable bonds is 7. The van der Waals surface area contributed by atoms with E-state index in [1.54, 1.807) is 14.2 Å². The highest BCUT2D eigenvalue weighted by atomic mass is 16.5. The summed E-state index contributed by atoms with van der Waals surface area (Å²) in [7, 11) is 5.38. The summed E-state index contributed by atoms with van der Waals surface area (Å²) >= 11 is 0. The molecule has 2 heterocycles. The molecule has 0 aliphatic rings. The van der Waals surface area contributed by atoms with Crippen LogP contribution in [-0.2, 0) is 20.0 Å². The van der Waals surface area contributed by atoms with Crippen LogP contribution in [0.25, 0.3) is 11.4 Å². The average Bonchev–Trinajstić information content (AvgIpc) is 3.31. The van der Waals surface area contributed by atoms with Gasteiger partial charge in [0, 0.05) is 31.4 Å². The topological polar surface area (TPSA) is 105 Å². The minimum atomic E-state index is 0.197. The van der Waals surface area contributed by atoms with Crippen molar-refractivity contribution in [3.63, 3.8) is 0 Å². The first kappa shape index (κ1) is 21.4. The number of aliphatic imine (C=N–C) groups is 1. The Morgan fingerprint density at radius 1 is 1.27 bits per heavy atom. The van der Waals surface area contributed by atoms with E-state index in [1.165, 1.54) is 11.3 Å². The Bertz CT molecular complexity index is 1000. The molecule has 0 bridgehead atoms. The zero-order valence-corrected chi connectivity index (χ0v) is 18.4. The van der Waals surface area contributed by atoms with Crippen LogP contribution in [0.3, 0.4) is 0 Å². The number of aromatic nitrogens is 5. The summed E-state index contributed by atoms with van der Waals surface area (Å²) in [5, 5.41) is 18.5. The number of aromatic amines is 1. The molecule has 1 unspecified atom stereocenters. The molecule has 0 aliphatic heterocycles. The summed E-state index contributed by atoms with van der Waals surface area (Å²) < 4.78 is 7.11. The molecule has 0 saturated heterocycles. The highest BCUT2D eigenvalue weighted by molar-refractivity contribution is 5.79. The van der Waals surface area contributed by atoms with Gasteiger partial charge in [0.05, 0.1) is 19.3 Å². The van der Waals surface area contributed by atoms with Gasteiger partial charge in [-0.25, -0.2) is 4.98 Å². The minimum Gasteiger partial charge on any atom is -0.497 e. The van der Waals surface area contributed by atoms with Gasteiger partial charge < -0.3 is 15.4 Å². The number of nitrogens with zero attached hydrogens (tertiary/aromatic N) is 5. The lowest BCUT2D eigenvalue weighted by molar-refractivity contribution is 0.415. The third-order valence-corrected chi connectivity index (χ3v) is 5.08. The van der Waals surface area contributed by atoms with Gasteiger partial charge in [-0.1, -0.05) is 0 Å². The van der Waals surface area contributed by atoms with Crippen LogP contribution in [0.15, 0.2) is 29.3 Å². The average molecular weight is 411 g/mol. The van der Waals surface area contributed by atoms with E-state index >= 15 is 0 Å². The molecule has 0 aliphatic carbocycles. The molecule has 0 radical (unpaired) electrons. The molecule has 30 heavy (non-hydrogen) atoms. The Labute approximate surface area is 177 Å². The van der Waals surface area contributed by atoms with Gasteiger partial charge in [0.2, 0.25) is 0 Å². The third kappa shape index (κ3) is 4.97. The Morgan fingerprint density at radius 3 is 2.60 bits per heavy atom. The normalized spacial score (nSPS) is 12.7. The number of nitrogens with one attached hydrogen (secondary N) is 3. The first-order valence-electron chi connectivity index (χ1n) is 9.93. The maximum Gasteiger partial charge on any atom is 0.191 e. The van der Waals surface area contributed by atoms with E-state index in [1.807, 2.05) is 42.9 Å². The maximum absolute atomic E-state index is 5.19. The maximum atomic E-state index is 5.19. The third-order valence-electron chi connectivity index (χ3n) is 5.08. The monoisotopic (exact) mass is 410 g/mol. The van der Waals surface area contributed by atoms with Crippen molar-refractivity contribution in [2.75, 3.05) is 14.2 Å². The van der Waals surface area contributed by atoms with Crippen LogP contribution >= 0.6 is 0 Å². The van der Waals surface area contributed by atoms with Crippen molar-refractivity contribution < 1.29 is 4.74 Å². The molecule has 2 aromatic heterocycles. The molecule has 9 nitrogen and oxygen atoms in total. The summed E-state index contributed by atoms with van der Waals surface area (Å²) in [5.41, 5.74) is 4.46. The van der Waals surface area contributed by atoms with Gasteiger partial charge in [0.1, 0.15) is 11.6 Å². The zero-order valence-electron chi connectivity index (χ0n) is 18.4. The van der Waals surface area contributed by atoms with E-state index in [0.717, 1.165) is 29.3 Å². The molecule has 0 amide bonds. The highest BCUT2D eigenvalue weighted by Crippen LogP contribution is 2.19. The highest BCUT2D eigenvalue weighted by Gasteiger charge is 2.14. The second kappa shape index (κ2) is 9.43. The van der Waals surface area contributed by atoms with Crippen molar-refractivity contribution in [2.45, 2.75) is 39.8 Å². The molecule has 3 N–H and O–H groups in total. The van der Waals surface area contributed by atoms with Crippen LogP contribution < -0.4 is 15.4 Å². The van der Waals surface area contributed by atoms with E-state index in [4.69, 9.17) is 4.74 Å². The predicted molar refractivity (Wildman–Crippen MR) is 118 cm³/mol. The fourth-order valence-electron chi connectivity index (χ4n) is 3.31. The summed E-state index contributed by atoms with van der Waals surface area (Å²) in [6.07, 6.45) is 0.871. The Morgan fingerprint density at radius 2 is 2.00 bits per heavy atom. The van der Waals surface area contributed by atoms with Crippen molar-refractivity contribution in [3.05, 3.63) is 47.0 Å². The van der Waals surface area contributed by atoms with Crippen molar-refractivity contribution >= 4 is 5.96 Å². The molecule has 3 rings (SSSR count). The molecular formula is C21H30N8O. The second-order valence-electron chi connectivity index (χ2n) is 7.28. The minimum absolute atomic E-state index is 0.197. The van der Waals surface area contributed by atoms with Crippen LogP contribution in [0.2, 0.25) is 0 Å². The van der Waals surface area contributed by atoms with E-state index in [2.05, 4.69) is 49.8 Å². The standard InChI is InChI=1S/C21H30N8O/c1-13(11-18-14(2)28-29(5)15(18)3)24-21(22-4)23-12-19-25-20(27-26-19)16-7-9-17(30-6)10-8-16/h7-10,13H,11-12H2,1-6H3,(H2,22,23,24)(H,25,26,27). The Hall–Kier alpha value is -3.36. The number of aryl methyl sites for hydroxylation is 2. The number of hydrogen-bond donors (Lipinski definition) is 3. The van der Waals surface area contributed by atoms with Crippen LogP contribution in [0, 0.1) is 13.8 Å². The van der Waals surface area contributed by atoms with E-state index in [9.17, 15) is 0 Å². The van der Waals surface area contributed by atoms with Gasteiger partial charge >= 0.3 is 0 Å². The summed E-state index contributed by atoms with van der Waals surface area (Å²) in [6.45, 7) is 6.77. The summed E-state index contributed by atoms with van der Waals surface area (Å²) in [4.78, 5) is 8.87. The van der Waals surface area contributed by atoms with Crippen molar-refractivity contribution in [1.29, 1.82) is 0 Å². The quantitative estimate of drug-likeness (QED) is 0.407. The molecule has 0 saturated carbocycles. The van der Waals surface area contributed by atoms with Crippen LogP contribution in [0.4, 0.5) is 0 Å². The lowest BCUT2D eigenvalue weighted by Crippen LogP contribution is -2.43. The second-order valence-corrected chi connectivity index (χ2v) is 7.28. The molecule has 1 aromatic carbocycles. The van der Waals surface area contributed by atoms with Gasteiger partial charge in [-0.2, -0.15) is 10.2 Å². The number of guanidine groups is 1. The SMILES string of the molecule is CN=C(NCc1nc(-c2ccc(OC)cc2)n[nH]1)NC(C)Cc1c(C)nn(C)c1C. The van der Waals surface area contributed by atoms with Crippen LogP contribution in [0.1, 0.15) is 29.7 Å². The van der Waals surface area contributed by atoms with Gasteiger partial charge in [-0.15, -0.1) is 0 Å². The number of hydrogen-bond acceptors (Lipinski definition) is 5. The fourth-order valence-corrected chi connectivity index (χ4v) is 3.31. The lowest BCUT2D eigenvalue weighted by atomic mass is 10.1. The van der Waals surface area contributed by atoms with Crippen molar-refractivity contribution in [3.8, 4) is 17.1 Å². The fraction of sp³-hybridized carbons (Fsp3) is 0.429. The predicted octanol–water partition coefficient (Wildman–Crippen LogP) is 2.13. The molecule has 3 aromatic rings. The smallest absolute Gasteiger partial charge is 0.191 e. The van der Waals surface area contributed by atoms with E-state index in [0.29, 0.717) is 18.3 Å². The zero-order chi connectivity index (χ0) is 21.7. The largest absolute Gasteiger partial charge is 0.497 e.